The van der Waals surface area contributed by atoms with Gasteiger partial charge in [-0.05, 0) is 43.7 Å². The average Bonchev–Trinajstić information content (AvgIpc) is 3.31. The molecule has 0 amide bonds. The van der Waals surface area contributed by atoms with Crippen molar-refractivity contribution in [3.05, 3.63) is 42.2 Å². The molecule has 4 rings (SSSR count). The molecule has 1 unspecified atom stereocenters. The van der Waals surface area contributed by atoms with Gasteiger partial charge in [0.25, 0.3) is 5.89 Å². The summed E-state index contributed by atoms with van der Waals surface area (Å²) in [5.41, 5.74) is 0. The van der Waals surface area contributed by atoms with Gasteiger partial charge in [0, 0.05) is 6.54 Å². The van der Waals surface area contributed by atoms with Crippen LogP contribution in [0.3, 0.4) is 0 Å². The number of rotatable bonds is 5. The Bertz CT molecular complexity index is 825. The van der Waals surface area contributed by atoms with Crippen molar-refractivity contribution >= 4 is 0 Å². The second-order valence-electron chi connectivity index (χ2n) is 5.81. The van der Waals surface area contributed by atoms with Crippen LogP contribution in [-0.2, 0) is 6.61 Å². The highest BCUT2D eigenvalue weighted by Gasteiger charge is 2.19. The zero-order valence-electron chi connectivity index (χ0n) is 13.4. The smallest absolute Gasteiger partial charge is 0.297 e. The molecular formula is C16H17FN6O2. The first-order chi connectivity index (χ1) is 12.3. The van der Waals surface area contributed by atoms with Crippen LogP contribution in [0.2, 0.25) is 0 Å². The van der Waals surface area contributed by atoms with Crippen molar-refractivity contribution in [2.75, 3.05) is 13.1 Å². The third-order valence-electron chi connectivity index (χ3n) is 3.99. The van der Waals surface area contributed by atoms with Crippen molar-refractivity contribution in [3.8, 4) is 17.5 Å². The number of hydrogen-bond donors (Lipinski definition) is 1. The van der Waals surface area contributed by atoms with Gasteiger partial charge >= 0.3 is 0 Å². The van der Waals surface area contributed by atoms with Crippen LogP contribution < -0.4 is 10.1 Å². The fourth-order valence-corrected chi connectivity index (χ4v) is 2.69. The maximum absolute atomic E-state index is 12.9. The number of nitrogens with one attached hydrogen (secondary N) is 1. The zero-order valence-corrected chi connectivity index (χ0v) is 13.4. The highest BCUT2D eigenvalue weighted by atomic mass is 19.1. The van der Waals surface area contributed by atoms with Gasteiger partial charge in [0.05, 0.1) is 6.04 Å². The number of aromatic nitrogens is 5. The van der Waals surface area contributed by atoms with Crippen molar-refractivity contribution in [1.29, 1.82) is 0 Å². The van der Waals surface area contributed by atoms with Crippen molar-refractivity contribution in [3.63, 3.8) is 0 Å². The van der Waals surface area contributed by atoms with E-state index in [-0.39, 0.29) is 18.3 Å². The Morgan fingerprint density at radius 1 is 1.32 bits per heavy atom. The lowest BCUT2D eigenvalue weighted by atomic mass is 10.1. The highest BCUT2D eigenvalue weighted by Crippen LogP contribution is 2.18. The largest absolute Gasteiger partial charge is 0.485 e. The van der Waals surface area contributed by atoms with E-state index in [9.17, 15) is 4.39 Å². The molecule has 9 heteroatoms. The molecule has 1 aliphatic rings. The number of halogens is 1. The summed E-state index contributed by atoms with van der Waals surface area (Å²) in [5, 5.41) is 11.6. The Morgan fingerprint density at radius 2 is 2.20 bits per heavy atom. The van der Waals surface area contributed by atoms with Gasteiger partial charge in [-0.25, -0.2) is 14.1 Å². The number of piperidine rings is 1. The maximum Gasteiger partial charge on any atom is 0.297 e. The number of hydrogen-bond acceptors (Lipinski definition) is 7. The molecule has 0 spiro atoms. The van der Waals surface area contributed by atoms with Gasteiger partial charge in [0.15, 0.2) is 6.61 Å². The Morgan fingerprint density at radius 3 is 3.00 bits per heavy atom. The van der Waals surface area contributed by atoms with Crippen LogP contribution in [0.1, 0.15) is 24.7 Å². The molecule has 1 N–H and O–H groups in total. The monoisotopic (exact) mass is 344 g/mol. The zero-order chi connectivity index (χ0) is 17.1. The van der Waals surface area contributed by atoms with Gasteiger partial charge in [-0.1, -0.05) is 5.16 Å². The predicted molar refractivity (Wildman–Crippen MR) is 85.2 cm³/mol. The molecule has 1 saturated heterocycles. The third-order valence-corrected chi connectivity index (χ3v) is 3.99. The summed E-state index contributed by atoms with van der Waals surface area (Å²) in [4.78, 5) is 8.49. The quantitative estimate of drug-likeness (QED) is 0.756. The summed E-state index contributed by atoms with van der Waals surface area (Å²) in [7, 11) is 0. The SMILES string of the molecule is Fc1ccc(OCc2noc(-c3ncn(C4CCCNC4)n3)n2)cc1. The molecule has 0 bridgehead atoms. The standard InChI is InChI=1S/C16H17FN6O2/c17-11-3-5-13(6-4-11)24-9-14-20-16(25-22-14)15-19-10-23(21-15)12-2-1-7-18-8-12/h3-6,10,12,18H,1-2,7-9H2. The minimum atomic E-state index is -0.316. The van der Waals surface area contributed by atoms with Gasteiger partial charge in [0.2, 0.25) is 11.6 Å². The van der Waals surface area contributed by atoms with E-state index < -0.39 is 0 Å². The van der Waals surface area contributed by atoms with Gasteiger partial charge in [-0.3, -0.25) is 0 Å². The molecule has 1 aliphatic heterocycles. The van der Waals surface area contributed by atoms with E-state index in [0.29, 0.717) is 23.4 Å². The van der Waals surface area contributed by atoms with E-state index in [1.165, 1.54) is 24.3 Å². The molecular weight excluding hydrogens is 327 g/mol. The van der Waals surface area contributed by atoms with E-state index in [1.807, 2.05) is 4.68 Å². The molecule has 3 aromatic rings. The van der Waals surface area contributed by atoms with Crippen LogP contribution in [0, 0.1) is 5.82 Å². The Balaban J connectivity index is 1.40. The fourth-order valence-electron chi connectivity index (χ4n) is 2.69. The van der Waals surface area contributed by atoms with Crippen LogP contribution in [0.15, 0.2) is 35.1 Å². The summed E-state index contributed by atoms with van der Waals surface area (Å²) in [5.74, 6) is 1.23. The Kier molecular flexibility index (Phi) is 4.38. The van der Waals surface area contributed by atoms with Crippen molar-refractivity contribution in [2.45, 2.75) is 25.5 Å². The lowest BCUT2D eigenvalue weighted by molar-refractivity contribution is 0.286. The van der Waals surface area contributed by atoms with Crippen LogP contribution in [-0.4, -0.2) is 38.0 Å². The molecule has 3 heterocycles. The fraction of sp³-hybridized carbons (Fsp3) is 0.375. The average molecular weight is 344 g/mol. The summed E-state index contributed by atoms with van der Waals surface area (Å²) < 4.78 is 25.4. The van der Waals surface area contributed by atoms with E-state index in [2.05, 4.69) is 25.5 Å². The van der Waals surface area contributed by atoms with Gasteiger partial charge in [0.1, 0.15) is 17.9 Å². The van der Waals surface area contributed by atoms with E-state index >= 15 is 0 Å². The Labute approximate surface area is 143 Å². The van der Waals surface area contributed by atoms with Crippen molar-refractivity contribution in [2.24, 2.45) is 0 Å². The number of benzene rings is 1. The second kappa shape index (κ2) is 6.98. The van der Waals surface area contributed by atoms with Gasteiger partial charge in [-0.2, -0.15) is 4.98 Å². The van der Waals surface area contributed by atoms with Crippen LogP contribution in [0.4, 0.5) is 4.39 Å². The molecule has 130 valence electrons. The van der Waals surface area contributed by atoms with E-state index in [1.54, 1.807) is 6.33 Å². The second-order valence-corrected chi connectivity index (χ2v) is 5.81. The van der Waals surface area contributed by atoms with Gasteiger partial charge < -0.3 is 14.6 Å². The topological polar surface area (TPSA) is 90.9 Å². The van der Waals surface area contributed by atoms with Crippen molar-refractivity contribution in [1.82, 2.24) is 30.2 Å². The molecule has 2 aromatic heterocycles. The molecule has 8 nitrogen and oxygen atoms in total. The number of ether oxygens (including phenoxy) is 1. The number of nitrogens with zero attached hydrogens (tertiary/aromatic N) is 5. The molecule has 0 aliphatic carbocycles. The van der Waals surface area contributed by atoms with Crippen LogP contribution in [0.5, 0.6) is 5.75 Å². The van der Waals surface area contributed by atoms with E-state index in [4.69, 9.17) is 9.26 Å². The molecule has 1 atom stereocenters. The first kappa shape index (κ1) is 15.7. The minimum absolute atomic E-state index is 0.113. The van der Waals surface area contributed by atoms with Crippen molar-refractivity contribution < 1.29 is 13.7 Å². The molecule has 0 saturated carbocycles. The maximum atomic E-state index is 12.9. The summed E-state index contributed by atoms with van der Waals surface area (Å²) in [6, 6.07) is 6.02. The molecule has 1 aromatic carbocycles. The first-order valence-electron chi connectivity index (χ1n) is 8.11. The van der Waals surface area contributed by atoms with Crippen LogP contribution >= 0.6 is 0 Å². The Hall–Kier alpha value is -2.81. The normalized spacial score (nSPS) is 17.6. The van der Waals surface area contributed by atoms with E-state index in [0.717, 1.165) is 25.9 Å². The van der Waals surface area contributed by atoms with Gasteiger partial charge in [-0.15, -0.1) is 5.10 Å². The summed E-state index contributed by atoms with van der Waals surface area (Å²) in [6.45, 7) is 2.03. The minimum Gasteiger partial charge on any atom is -0.485 e. The first-order valence-corrected chi connectivity index (χ1v) is 8.11. The molecule has 0 radical (unpaired) electrons. The third kappa shape index (κ3) is 3.66. The summed E-state index contributed by atoms with van der Waals surface area (Å²) in [6.07, 6.45) is 3.87. The predicted octanol–water partition coefficient (Wildman–Crippen LogP) is 1.97. The lowest BCUT2D eigenvalue weighted by Gasteiger charge is -2.22. The molecule has 25 heavy (non-hydrogen) atoms. The van der Waals surface area contributed by atoms with Crippen LogP contribution in [0.25, 0.3) is 11.7 Å². The molecule has 1 fully saturated rings. The summed E-state index contributed by atoms with van der Waals surface area (Å²) >= 11 is 0. The highest BCUT2D eigenvalue weighted by molar-refractivity contribution is 5.37. The lowest BCUT2D eigenvalue weighted by Crippen LogP contribution is -2.31.